The number of hydrogen-bond acceptors (Lipinski definition) is 4. The Balaban J connectivity index is 1.55. The van der Waals surface area contributed by atoms with Gasteiger partial charge in [0, 0.05) is 15.8 Å². The van der Waals surface area contributed by atoms with Gasteiger partial charge in [-0.15, -0.1) is 23.1 Å². The fraction of sp³-hybridized carbons (Fsp3) is 0.0435. The van der Waals surface area contributed by atoms with E-state index in [1.165, 1.54) is 23.1 Å². The first kappa shape index (κ1) is 20.9. The van der Waals surface area contributed by atoms with Gasteiger partial charge in [0.15, 0.2) is 5.13 Å². The van der Waals surface area contributed by atoms with Crippen molar-refractivity contribution >= 4 is 57.3 Å². The molecule has 1 atom stereocenters. The second-order valence-electron chi connectivity index (χ2n) is 6.38. The summed E-state index contributed by atoms with van der Waals surface area (Å²) in [5, 5.41) is 5.95. The highest BCUT2D eigenvalue weighted by Gasteiger charge is 2.23. The van der Waals surface area contributed by atoms with Crippen molar-refractivity contribution in [1.29, 1.82) is 0 Å². The lowest BCUT2D eigenvalue weighted by Gasteiger charge is -2.16. The molecule has 0 radical (unpaired) electrons. The maximum atomic E-state index is 13.2. The average Bonchev–Trinajstić information content (AvgIpc) is 3.23. The summed E-state index contributed by atoms with van der Waals surface area (Å²) in [5.41, 5.74) is 2.52. The highest BCUT2D eigenvalue weighted by atomic mass is 35.5. The number of benzene rings is 3. The summed E-state index contributed by atoms with van der Waals surface area (Å²) in [4.78, 5) is 18.7. The maximum absolute atomic E-state index is 13.2. The van der Waals surface area contributed by atoms with Crippen molar-refractivity contribution in [2.45, 2.75) is 10.1 Å². The number of thioether (sulfide) groups is 1. The Hall–Kier alpha value is -2.31. The Kier molecular flexibility index (Phi) is 6.75. The molecule has 1 aromatic heterocycles. The van der Waals surface area contributed by atoms with Crippen LogP contribution in [0, 0.1) is 0 Å². The molecule has 30 heavy (non-hydrogen) atoms. The average molecular weight is 471 g/mol. The summed E-state index contributed by atoms with van der Waals surface area (Å²) in [6.07, 6.45) is 0. The van der Waals surface area contributed by atoms with Gasteiger partial charge in [0.25, 0.3) is 0 Å². The number of nitrogens with one attached hydrogen (secondary N) is 1. The van der Waals surface area contributed by atoms with Crippen molar-refractivity contribution in [3.8, 4) is 11.3 Å². The van der Waals surface area contributed by atoms with E-state index >= 15 is 0 Å². The van der Waals surface area contributed by atoms with Crippen molar-refractivity contribution in [3.63, 3.8) is 0 Å². The minimum absolute atomic E-state index is 0.120. The van der Waals surface area contributed by atoms with E-state index in [9.17, 15) is 4.79 Å². The number of amides is 1. The highest BCUT2D eigenvalue weighted by molar-refractivity contribution is 8.00. The van der Waals surface area contributed by atoms with Crippen molar-refractivity contribution in [2.75, 3.05) is 5.32 Å². The molecule has 3 nitrogen and oxygen atoms in total. The zero-order chi connectivity index (χ0) is 20.9. The van der Waals surface area contributed by atoms with E-state index < -0.39 is 5.25 Å². The van der Waals surface area contributed by atoms with E-state index in [2.05, 4.69) is 10.3 Å². The molecule has 7 heteroatoms. The number of hydrogen-bond donors (Lipinski definition) is 1. The van der Waals surface area contributed by atoms with Gasteiger partial charge in [-0.05, 0) is 29.8 Å². The summed E-state index contributed by atoms with van der Waals surface area (Å²) in [6.45, 7) is 0. The third-order valence-corrected chi connectivity index (χ3v) is 7.05. The van der Waals surface area contributed by atoms with Crippen LogP contribution in [0.15, 0.2) is 89.1 Å². The SMILES string of the molecule is O=C(Nc1nc(-c2ccc(Cl)c(Cl)c2)cs1)[C@H](Sc1ccccc1)c1ccccc1. The molecule has 0 aliphatic rings. The van der Waals surface area contributed by atoms with Crippen LogP contribution >= 0.6 is 46.3 Å². The number of thiazole rings is 1. The standard InChI is InChI=1S/C23H16Cl2N2OS2/c24-18-12-11-16(13-19(18)25)20-14-29-23(26-20)27-22(28)21(15-7-3-1-4-8-15)30-17-9-5-2-6-10-17/h1-14,21H,(H,26,27,28)/t21-/m1/s1. The molecule has 150 valence electrons. The Morgan fingerprint density at radius 2 is 1.63 bits per heavy atom. The van der Waals surface area contributed by atoms with E-state index in [1.807, 2.05) is 72.1 Å². The molecule has 1 heterocycles. The van der Waals surface area contributed by atoms with Crippen molar-refractivity contribution in [3.05, 3.63) is 99.9 Å². The van der Waals surface area contributed by atoms with E-state index in [1.54, 1.807) is 12.1 Å². The molecule has 4 aromatic rings. The summed E-state index contributed by atoms with van der Waals surface area (Å²) in [7, 11) is 0. The van der Waals surface area contributed by atoms with Crippen LogP contribution in [0.4, 0.5) is 5.13 Å². The van der Waals surface area contributed by atoms with Crippen LogP contribution in [-0.4, -0.2) is 10.9 Å². The zero-order valence-electron chi connectivity index (χ0n) is 15.6. The van der Waals surface area contributed by atoms with Crippen LogP contribution in [0.25, 0.3) is 11.3 Å². The van der Waals surface area contributed by atoms with Crippen LogP contribution in [0.2, 0.25) is 10.0 Å². The third kappa shape index (κ3) is 5.05. The zero-order valence-corrected chi connectivity index (χ0v) is 18.7. The predicted molar refractivity (Wildman–Crippen MR) is 128 cm³/mol. The first-order chi connectivity index (χ1) is 14.6. The number of anilines is 1. The highest BCUT2D eigenvalue weighted by Crippen LogP contribution is 2.37. The monoisotopic (exact) mass is 470 g/mol. The summed E-state index contributed by atoms with van der Waals surface area (Å²) >= 11 is 15.0. The molecular weight excluding hydrogens is 455 g/mol. The van der Waals surface area contributed by atoms with Gasteiger partial charge in [-0.1, -0.05) is 77.8 Å². The second kappa shape index (κ2) is 9.67. The van der Waals surface area contributed by atoms with Crippen LogP contribution in [-0.2, 0) is 4.79 Å². The van der Waals surface area contributed by atoms with E-state index in [4.69, 9.17) is 23.2 Å². The van der Waals surface area contributed by atoms with Gasteiger partial charge in [-0.2, -0.15) is 0 Å². The van der Waals surface area contributed by atoms with Crippen molar-refractivity contribution in [2.24, 2.45) is 0 Å². The maximum Gasteiger partial charge on any atom is 0.244 e. The Labute approximate surface area is 193 Å². The first-order valence-electron chi connectivity index (χ1n) is 9.08. The molecule has 0 saturated carbocycles. The fourth-order valence-electron chi connectivity index (χ4n) is 2.83. The molecule has 0 saturated heterocycles. The number of carbonyl (C=O) groups excluding carboxylic acids is 1. The van der Waals surface area contributed by atoms with E-state index in [0.717, 1.165) is 21.7 Å². The Morgan fingerprint density at radius 1 is 0.933 bits per heavy atom. The normalized spacial score (nSPS) is 11.8. The van der Waals surface area contributed by atoms with Gasteiger partial charge < -0.3 is 5.32 Å². The van der Waals surface area contributed by atoms with Gasteiger partial charge in [0.2, 0.25) is 5.91 Å². The van der Waals surface area contributed by atoms with Crippen molar-refractivity contribution < 1.29 is 4.79 Å². The minimum Gasteiger partial charge on any atom is -0.301 e. The molecule has 0 aliphatic heterocycles. The number of nitrogens with zero attached hydrogens (tertiary/aromatic N) is 1. The molecular formula is C23H16Cl2N2OS2. The largest absolute Gasteiger partial charge is 0.301 e. The molecule has 3 aromatic carbocycles. The number of carbonyl (C=O) groups is 1. The van der Waals surface area contributed by atoms with Gasteiger partial charge >= 0.3 is 0 Å². The Bertz CT molecular complexity index is 1150. The smallest absolute Gasteiger partial charge is 0.244 e. The lowest BCUT2D eigenvalue weighted by Crippen LogP contribution is -2.18. The summed E-state index contributed by atoms with van der Waals surface area (Å²) in [5.74, 6) is -0.120. The van der Waals surface area contributed by atoms with Gasteiger partial charge in [0.05, 0.1) is 15.7 Å². The summed E-state index contributed by atoms with van der Waals surface area (Å²) in [6, 6.07) is 25.0. The van der Waals surface area contributed by atoms with Crippen LogP contribution < -0.4 is 5.32 Å². The third-order valence-electron chi connectivity index (χ3n) is 4.29. The lowest BCUT2D eigenvalue weighted by molar-refractivity contribution is -0.115. The molecule has 0 fully saturated rings. The second-order valence-corrected chi connectivity index (χ2v) is 9.23. The molecule has 0 bridgehead atoms. The minimum atomic E-state index is -0.397. The van der Waals surface area contributed by atoms with Gasteiger partial charge in [-0.25, -0.2) is 4.98 Å². The van der Waals surface area contributed by atoms with Crippen LogP contribution in [0.5, 0.6) is 0 Å². The number of rotatable bonds is 6. The van der Waals surface area contributed by atoms with Gasteiger partial charge in [0.1, 0.15) is 5.25 Å². The molecule has 4 rings (SSSR count). The van der Waals surface area contributed by atoms with Crippen molar-refractivity contribution in [1.82, 2.24) is 4.98 Å². The summed E-state index contributed by atoms with van der Waals surface area (Å²) < 4.78 is 0. The quantitative estimate of drug-likeness (QED) is 0.295. The van der Waals surface area contributed by atoms with E-state index in [0.29, 0.717) is 15.2 Å². The van der Waals surface area contributed by atoms with Crippen LogP contribution in [0.1, 0.15) is 10.8 Å². The number of halogens is 2. The van der Waals surface area contributed by atoms with Crippen LogP contribution in [0.3, 0.4) is 0 Å². The lowest BCUT2D eigenvalue weighted by atomic mass is 10.1. The molecule has 0 spiro atoms. The fourth-order valence-corrected chi connectivity index (χ4v) is 4.89. The first-order valence-corrected chi connectivity index (χ1v) is 11.6. The molecule has 1 amide bonds. The molecule has 0 aliphatic carbocycles. The molecule has 0 unspecified atom stereocenters. The number of aromatic nitrogens is 1. The Morgan fingerprint density at radius 3 is 2.33 bits per heavy atom. The molecule has 1 N–H and O–H groups in total. The van der Waals surface area contributed by atoms with E-state index in [-0.39, 0.29) is 5.91 Å². The topological polar surface area (TPSA) is 42.0 Å². The van der Waals surface area contributed by atoms with Gasteiger partial charge in [-0.3, -0.25) is 4.79 Å². The predicted octanol–water partition coefficient (Wildman–Crippen LogP) is 7.59.